The van der Waals surface area contributed by atoms with Gasteiger partial charge >= 0.3 is 17.9 Å². The van der Waals surface area contributed by atoms with E-state index < -0.39 is 31.4 Å². The van der Waals surface area contributed by atoms with Crippen LogP contribution < -0.4 is 0 Å². The average Bonchev–Trinajstić information content (AvgIpc) is 2.89. The molecule has 1 aliphatic rings. The van der Waals surface area contributed by atoms with Crippen molar-refractivity contribution in [3.63, 3.8) is 0 Å². The number of carbonyl (C=O) groups excluding carboxylic acids is 2. The van der Waals surface area contributed by atoms with Crippen LogP contribution in [0.1, 0.15) is 40.0 Å². The van der Waals surface area contributed by atoms with E-state index in [1.54, 1.807) is 0 Å². The third-order valence-electron chi connectivity index (χ3n) is 6.08. The molecule has 148 valence electrons. The van der Waals surface area contributed by atoms with Gasteiger partial charge in [-0.25, -0.2) is 0 Å². The lowest BCUT2D eigenvalue weighted by molar-refractivity contribution is -0.169. The largest absolute Gasteiger partial charge is 0.481 e. The zero-order valence-corrected chi connectivity index (χ0v) is 17.9. The van der Waals surface area contributed by atoms with Crippen LogP contribution in [-0.2, 0) is 23.9 Å². The van der Waals surface area contributed by atoms with Gasteiger partial charge in [-0.05, 0) is 29.7 Å². The standard InChI is InChI=1S/C19H32O6Si/c1-18(2,3)26(6,7)9-8-13-11-19(16(22)24-4,17(23)25-5)12-14(13)10-15(20)21/h8-9,13-14H,10-12H2,1-7H3,(H,20,21)/b9-8+/t13-,14+/m0/s1. The van der Waals surface area contributed by atoms with Gasteiger partial charge in [0.1, 0.15) is 0 Å². The van der Waals surface area contributed by atoms with Crippen LogP contribution in [-0.4, -0.2) is 45.3 Å². The Labute approximate surface area is 156 Å². The van der Waals surface area contributed by atoms with E-state index in [0.29, 0.717) is 0 Å². The highest BCUT2D eigenvalue weighted by Crippen LogP contribution is 2.50. The normalized spacial score (nSPS) is 23.0. The molecule has 0 radical (unpaired) electrons. The van der Waals surface area contributed by atoms with E-state index in [4.69, 9.17) is 9.47 Å². The van der Waals surface area contributed by atoms with Crippen LogP contribution in [0.15, 0.2) is 11.8 Å². The molecule has 1 rings (SSSR count). The van der Waals surface area contributed by atoms with Gasteiger partial charge in [-0.15, -0.1) is 0 Å². The van der Waals surface area contributed by atoms with Gasteiger partial charge in [-0.3, -0.25) is 14.4 Å². The highest BCUT2D eigenvalue weighted by molar-refractivity contribution is 6.84. The molecule has 7 heteroatoms. The zero-order chi connectivity index (χ0) is 20.3. The Balaban J connectivity index is 3.25. The minimum absolute atomic E-state index is 0.0950. The number of allylic oxidation sites excluding steroid dienone is 1. The van der Waals surface area contributed by atoms with Crippen LogP contribution in [0.3, 0.4) is 0 Å². The van der Waals surface area contributed by atoms with Crippen molar-refractivity contribution in [1.29, 1.82) is 0 Å². The summed E-state index contributed by atoms with van der Waals surface area (Å²) in [5.41, 5.74) is 0.781. The second-order valence-electron chi connectivity index (χ2n) is 8.83. The van der Waals surface area contributed by atoms with Crippen molar-refractivity contribution in [2.75, 3.05) is 14.2 Å². The van der Waals surface area contributed by atoms with E-state index in [1.807, 2.05) is 6.08 Å². The van der Waals surface area contributed by atoms with Crippen LogP contribution in [0.25, 0.3) is 0 Å². The van der Waals surface area contributed by atoms with Crippen molar-refractivity contribution in [2.24, 2.45) is 17.3 Å². The topological polar surface area (TPSA) is 89.9 Å². The number of carboxylic acid groups (broad SMARTS) is 1. The van der Waals surface area contributed by atoms with Crippen molar-refractivity contribution in [3.05, 3.63) is 11.8 Å². The summed E-state index contributed by atoms with van der Waals surface area (Å²) < 4.78 is 9.72. The molecule has 0 aliphatic heterocycles. The summed E-state index contributed by atoms with van der Waals surface area (Å²) in [6, 6.07) is 0. The maximum Gasteiger partial charge on any atom is 0.323 e. The van der Waals surface area contributed by atoms with Crippen LogP contribution in [0.4, 0.5) is 0 Å². The number of carboxylic acids is 1. The molecule has 0 unspecified atom stereocenters. The van der Waals surface area contributed by atoms with Gasteiger partial charge in [0.05, 0.1) is 22.3 Å². The summed E-state index contributed by atoms with van der Waals surface area (Å²) >= 11 is 0. The third-order valence-corrected chi connectivity index (χ3v) is 11.0. The minimum Gasteiger partial charge on any atom is -0.481 e. The summed E-state index contributed by atoms with van der Waals surface area (Å²) in [6.07, 6.45) is 2.28. The molecule has 1 fully saturated rings. The summed E-state index contributed by atoms with van der Waals surface area (Å²) in [6.45, 7) is 11.1. The molecule has 2 atom stereocenters. The van der Waals surface area contributed by atoms with Crippen LogP contribution in [0.5, 0.6) is 0 Å². The summed E-state index contributed by atoms with van der Waals surface area (Å²) in [5, 5.41) is 9.41. The van der Waals surface area contributed by atoms with E-state index in [9.17, 15) is 19.5 Å². The number of aliphatic carboxylic acids is 1. The predicted molar refractivity (Wildman–Crippen MR) is 101 cm³/mol. The molecular weight excluding hydrogens is 352 g/mol. The van der Waals surface area contributed by atoms with Crippen molar-refractivity contribution in [2.45, 2.75) is 58.2 Å². The van der Waals surface area contributed by atoms with Gasteiger partial charge in [-0.2, -0.15) is 0 Å². The maximum atomic E-state index is 12.4. The Morgan fingerprint density at radius 2 is 1.62 bits per heavy atom. The maximum absolute atomic E-state index is 12.4. The van der Waals surface area contributed by atoms with Crippen LogP contribution in [0.2, 0.25) is 18.1 Å². The molecule has 1 aliphatic carbocycles. The lowest BCUT2D eigenvalue weighted by Gasteiger charge is -2.34. The van der Waals surface area contributed by atoms with Gasteiger partial charge in [-0.1, -0.05) is 45.6 Å². The molecular formula is C19H32O6Si. The van der Waals surface area contributed by atoms with Gasteiger partial charge in [0, 0.05) is 6.42 Å². The van der Waals surface area contributed by atoms with Crippen molar-refractivity contribution in [3.8, 4) is 0 Å². The van der Waals surface area contributed by atoms with Crippen LogP contribution in [0, 0.1) is 17.3 Å². The monoisotopic (exact) mass is 384 g/mol. The second kappa shape index (κ2) is 7.94. The molecule has 0 saturated heterocycles. The molecule has 26 heavy (non-hydrogen) atoms. The number of esters is 2. The quantitative estimate of drug-likeness (QED) is 0.429. The molecule has 0 aromatic carbocycles. The minimum atomic E-state index is -1.72. The Morgan fingerprint density at radius 1 is 1.12 bits per heavy atom. The van der Waals surface area contributed by atoms with E-state index in [0.717, 1.165) is 0 Å². The number of carbonyl (C=O) groups is 3. The summed E-state index contributed by atoms with van der Waals surface area (Å²) in [5.74, 6) is -2.73. The smallest absolute Gasteiger partial charge is 0.323 e. The zero-order valence-electron chi connectivity index (χ0n) is 16.9. The van der Waals surface area contributed by atoms with E-state index in [-0.39, 0.29) is 36.1 Å². The molecule has 0 bridgehead atoms. The van der Waals surface area contributed by atoms with E-state index in [2.05, 4.69) is 39.6 Å². The first-order valence-corrected chi connectivity index (χ1v) is 12.0. The molecule has 0 heterocycles. The third kappa shape index (κ3) is 4.55. The van der Waals surface area contributed by atoms with Gasteiger partial charge in [0.25, 0.3) is 0 Å². The SMILES string of the molecule is COC(=O)C1(C(=O)OC)C[C@@H](CC(=O)O)[C@@H](/C=C/[Si](C)(C)C(C)(C)C)C1. The Morgan fingerprint density at radius 3 is 2.00 bits per heavy atom. The van der Waals surface area contributed by atoms with Crippen LogP contribution >= 0.6 is 0 Å². The molecule has 0 aromatic heterocycles. The average molecular weight is 385 g/mol. The Bertz CT molecular complexity index is 571. The number of rotatable bonds is 6. The van der Waals surface area contributed by atoms with Gasteiger partial charge < -0.3 is 14.6 Å². The Kier molecular flexibility index (Phi) is 6.84. The molecule has 0 spiro atoms. The highest BCUT2D eigenvalue weighted by Gasteiger charge is 2.57. The highest BCUT2D eigenvalue weighted by atomic mass is 28.3. The first kappa shape index (κ1) is 22.4. The number of hydrogen-bond donors (Lipinski definition) is 1. The van der Waals surface area contributed by atoms with E-state index in [1.165, 1.54) is 14.2 Å². The molecule has 1 N–H and O–H groups in total. The summed E-state index contributed by atoms with van der Waals surface area (Å²) in [7, 11) is 0.749. The molecule has 0 aromatic rings. The second-order valence-corrected chi connectivity index (χ2v) is 14.1. The lowest BCUT2D eigenvalue weighted by atomic mass is 9.84. The number of methoxy groups -OCH3 is 2. The first-order chi connectivity index (χ1) is 11.8. The fourth-order valence-corrected chi connectivity index (χ4v) is 4.57. The van der Waals surface area contributed by atoms with Crippen molar-refractivity contribution in [1.82, 2.24) is 0 Å². The fourth-order valence-electron chi connectivity index (χ4n) is 3.35. The number of ether oxygens (including phenoxy) is 2. The number of hydrogen-bond acceptors (Lipinski definition) is 5. The lowest BCUT2D eigenvalue weighted by Crippen LogP contribution is -2.39. The van der Waals surface area contributed by atoms with Gasteiger partial charge in [0.15, 0.2) is 5.41 Å². The first-order valence-electron chi connectivity index (χ1n) is 8.88. The van der Waals surface area contributed by atoms with Crippen molar-refractivity contribution < 1.29 is 29.0 Å². The molecule has 6 nitrogen and oxygen atoms in total. The fraction of sp³-hybridized carbons (Fsp3) is 0.737. The summed E-state index contributed by atoms with van der Waals surface area (Å²) in [4.78, 5) is 36.1. The molecule has 1 saturated carbocycles. The van der Waals surface area contributed by atoms with Crippen molar-refractivity contribution >= 4 is 26.0 Å². The Hall–Kier alpha value is -1.63. The van der Waals surface area contributed by atoms with Gasteiger partial charge in [0.2, 0.25) is 0 Å². The predicted octanol–water partition coefficient (Wildman–Crippen LogP) is 3.42. The van der Waals surface area contributed by atoms with E-state index >= 15 is 0 Å². The molecule has 0 amide bonds.